The summed E-state index contributed by atoms with van der Waals surface area (Å²) in [7, 11) is 0. The molecule has 0 aliphatic heterocycles. The third-order valence-corrected chi connectivity index (χ3v) is 3.26. The average molecular weight is 274 g/mol. The zero-order valence-corrected chi connectivity index (χ0v) is 11.5. The molecule has 98 valence electrons. The van der Waals surface area contributed by atoms with Crippen molar-refractivity contribution in [1.82, 2.24) is 9.97 Å². The monoisotopic (exact) mass is 274 g/mol. The van der Waals surface area contributed by atoms with Crippen molar-refractivity contribution in [3.63, 3.8) is 0 Å². The van der Waals surface area contributed by atoms with Crippen LogP contribution in [0, 0.1) is 13.8 Å². The first-order chi connectivity index (χ1) is 9.08. The van der Waals surface area contributed by atoms with Gasteiger partial charge < -0.3 is 10.9 Å². The van der Waals surface area contributed by atoms with Gasteiger partial charge in [-0.1, -0.05) is 22.9 Å². The van der Waals surface area contributed by atoms with Gasteiger partial charge in [-0.25, -0.2) is 9.97 Å². The standard InChI is InChI=1S/C13H14N4OS/c1-8-4-3-5-10(6-8)19-13-15-9(2)7-11(16-13)12(14)17-18/h3-7,18H,1-2H3,(H2,14,17). The molecule has 2 aromatic rings. The Hall–Kier alpha value is -2.08. The molecule has 2 rings (SSSR count). The number of oxime groups is 1. The molecule has 1 aromatic heterocycles. The lowest BCUT2D eigenvalue weighted by Crippen LogP contribution is -2.16. The number of nitrogens with two attached hydrogens (primary N) is 1. The molecule has 0 aliphatic carbocycles. The molecule has 0 saturated carbocycles. The zero-order valence-electron chi connectivity index (χ0n) is 10.7. The average Bonchev–Trinajstić information content (AvgIpc) is 2.37. The Bertz CT molecular complexity index is 628. The molecule has 0 spiro atoms. The summed E-state index contributed by atoms with van der Waals surface area (Å²) >= 11 is 1.44. The summed E-state index contributed by atoms with van der Waals surface area (Å²) in [6.07, 6.45) is 0. The highest BCUT2D eigenvalue weighted by molar-refractivity contribution is 7.99. The number of nitrogens with zero attached hydrogens (tertiary/aromatic N) is 3. The van der Waals surface area contributed by atoms with Crippen LogP contribution in [0.3, 0.4) is 0 Å². The molecule has 5 nitrogen and oxygen atoms in total. The van der Waals surface area contributed by atoms with Gasteiger partial charge in [0.15, 0.2) is 11.0 Å². The molecule has 0 saturated heterocycles. The van der Waals surface area contributed by atoms with E-state index in [4.69, 9.17) is 10.9 Å². The van der Waals surface area contributed by atoms with Crippen LogP contribution in [0.4, 0.5) is 0 Å². The molecule has 0 fully saturated rings. The number of hydrogen-bond acceptors (Lipinski definition) is 5. The second-order valence-electron chi connectivity index (χ2n) is 4.08. The molecule has 0 radical (unpaired) electrons. The normalized spacial score (nSPS) is 11.6. The Balaban J connectivity index is 2.33. The molecule has 19 heavy (non-hydrogen) atoms. The van der Waals surface area contributed by atoms with Crippen LogP contribution < -0.4 is 5.73 Å². The fraction of sp³-hybridized carbons (Fsp3) is 0.154. The van der Waals surface area contributed by atoms with Crippen LogP contribution in [0.2, 0.25) is 0 Å². The number of benzene rings is 1. The van der Waals surface area contributed by atoms with E-state index < -0.39 is 0 Å². The van der Waals surface area contributed by atoms with Gasteiger partial charge >= 0.3 is 0 Å². The third kappa shape index (κ3) is 3.45. The van der Waals surface area contributed by atoms with Gasteiger partial charge in [0.2, 0.25) is 0 Å². The highest BCUT2D eigenvalue weighted by Gasteiger charge is 2.07. The van der Waals surface area contributed by atoms with Crippen LogP contribution in [-0.4, -0.2) is 21.0 Å². The maximum absolute atomic E-state index is 8.69. The predicted molar refractivity (Wildman–Crippen MR) is 74.6 cm³/mol. The summed E-state index contributed by atoms with van der Waals surface area (Å²) in [5.74, 6) is -0.0170. The molecular weight excluding hydrogens is 260 g/mol. The van der Waals surface area contributed by atoms with Crippen molar-refractivity contribution in [3.8, 4) is 0 Å². The Morgan fingerprint density at radius 1 is 1.26 bits per heavy atom. The van der Waals surface area contributed by atoms with Crippen molar-refractivity contribution in [2.24, 2.45) is 10.9 Å². The molecule has 0 atom stereocenters. The highest BCUT2D eigenvalue weighted by Crippen LogP contribution is 2.25. The first-order valence-electron chi connectivity index (χ1n) is 5.66. The summed E-state index contributed by atoms with van der Waals surface area (Å²) in [6, 6.07) is 9.74. The van der Waals surface area contributed by atoms with Gasteiger partial charge in [0.1, 0.15) is 5.69 Å². The molecule has 3 N–H and O–H groups in total. The molecule has 0 unspecified atom stereocenters. The van der Waals surface area contributed by atoms with Crippen LogP contribution in [-0.2, 0) is 0 Å². The maximum atomic E-state index is 8.69. The van der Waals surface area contributed by atoms with Gasteiger partial charge in [-0.05, 0) is 43.8 Å². The van der Waals surface area contributed by atoms with Gasteiger partial charge in [0.25, 0.3) is 0 Å². The predicted octanol–water partition coefficient (Wildman–Crippen LogP) is 2.34. The van der Waals surface area contributed by atoms with E-state index >= 15 is 0 Å². The largest absolute Gasteiger partial charge is 0.409 e. The maximum Gasteiger partial charge on any atom is 0.193 e. The third-order valence-electron chi connectivity index (χ3n) is 2.40. The minimum absolute atomic E-state index is 0.0170. The Kier molecular flexibility index (Phi) is 4.01. The number of aryl methyl sites for hydroxylation is 2. The van der Waals surface area contributed by atoms with Gasteiger partial charge in [-0.3, -0.25) is 0 Å². The lowest BCUT2D eigenvalue weighted by molar-refractivity contribution is 0.318. The number of hydrogen-bond donors (Lipinski definition) is 2. The minimum Gasteiger partial charge on any atom is -0.409 e. The van der Waals surface area contributed by atoms with Gasteiger partial charge in [-0.15, -0.1) is 0 Å². The summed E-state index contributed by atoms with van der Waals surface area (Å²) in [5, 5.41) is 12.2. The number of rotatable bonds is 3. The molecule has 1 aromatic carbocycles. The second kappa shape index (κ2) is 5.71. The lowest BCUT2D eigenvalue weighted by atomic mass is 10.2. The second-order valence-corrected chi connectivity index (χ2v) is 5.12. The van der Waals surface area contributed by atoms with E-state index in [2.05, 4.69) is 21.2 Å². The fourth-order valence-electron chi connectivity index (χ4n) is 1.55. The number of amidine groups is 1. The van der Waals surface area contributed by atoms with Crippen molar-refractivity contribution >= 4 is 17.6 Å². The summed E-state index contributed by atoms with van der Waals surface area (Å²) in [4.78, 5) is 9.65. The number of aromatic nitrogens is 2. The molecule has 0 aliphatic rings. The Labute approximate surface area is 115 Å². The van der Waals surface area contributed by atoms with E-state index in [9.17, 15) is 0 Å². The smallest absolute Gasteiger partial charge is 0.193 e. The van der Waals surface area contributed by atoms with E-state index in [1.165, 1.54) is 17.3 Å². The van der Waals surface area contributed by atoms with Crippen LogP contribution in [0.5, 0.6) is 0 Å². The lowest BCUT2D eigenvalue weighted by Gasteiger charge is -2.05. The van der Waals surface area contributed by atoms with E-state index in [1.54, 1.807) is 6.07 Å². The first-order valence-corrected chi connectivity index (χ1v) is 6.48. The first kappa shape index (κ1) is 13.4. The van der Waals surface area contributed by atoms with E-state index in [0.29, 0.717) is 10.9 Å². The van der Waals surface area contributed by atoms with Crippen molar-refractivity contribution in [1.29, 1.82) is 0 Å². The van der Waals surface area contributed by atoms with E-state index in [1.807, 2.05) is 32.0 Å². The topological polar surface area (TPSA) is 84.4 Å². The SMILES string of the molecule is Cc1cccc(Sc2nc(C)cc(/C(N)=N/O)n2)c1. The van der Waals surface area contributed by atoms with Crippen molar-refractivity contribution < 1.29 is 5.21 Å². The molecule has 6 heteroatoms. The molecular formula is C13H14N4OS. The van der Waals surface area contributed by atoms with E-state index in [-0.39, 0.29) is 5.84 Å². The van der Waals surface area contributed by atoms with Crippen molar-refractivity contribution in [2.75, 3.05) is 0 Å². The van der Waals surface area contributed by atoms with Crippen LogP contribution in [0.15, 0.2) is 45.5 Å². The molecule has 1 heterocycles. The molecule has 0 bridgehead atoms. The fourth-order valence-corrected chi connectivity index (χ4v) is 2.49. The summed E-state index contributed by atoms with van der Waals surface area (Å²) < 4.78 is 0. The Morgan fingerprint density at radius 3 is 2.74 bits per heavy atom. The van der Waals surface area contributed by atoms with Gasteiger partial charge in [0, 0.05) is 10.6 Å². The van der Waals surface area contributed by atoms with Crippen molar-refractivity contribution in [3.05, 3.63) is 47.3 Å². The summed E-state index contributed by atoms with van der Waals surface area (Å²) in [5.41, 5.74) is 7.92. The molecule has 0 amide bonds. The Morgan fingerprint density at radius 2 is 2.05 bits per heavy atom. The van der Waals surface area contributed by atoms with Gasteiger partial charge in [0.05, 0.1) is 0 Å². The van der Waals surface area contributed by atoms with Crippen LogP contribution in [0.25, 0.3) is 0 Å². The summed E-state index contributed by atoms with van der Waals surface area (Å²) in [6.45, 7) is 3.87. The minimum atomic E-state index is -0.0170. The van der Waals surface area contributed by atoms with Crippen LogP contribution >= 0.6 is 11.8 Å². The van der Waals surface area contributed by atoms with Gasteiger partial charge in [-0.2, -0.15) is 0 Å². The van der Waals surface area contributed by atoms with Crippen molar-refractivity contribution in [2.45, 2.75) is 23.9 Å². The van der Waals surface area contributed by atoms with E-state index in [0.717, 1.165) is 10.6 Å². The quantitative estimate of drug-likeness (QED) is 0.295. The van der Waals surface area contributed by atoms with Crippen LogP contribution in [0.1, 0.15) is 17.0 Å². The zero-order chi connectivity index (χ0) is 13.8. The highest BCUT2D eigenvalue weighted by atomic mass is 32.2.